The van der Waals surface area contributed by atoms with Crippen molar-refractivity contribution in [2.75, 3.05) is 4.90 Å². The third-order valence-corrected chi connectivity index (χ3v) is 16.1. The number of fused-ring (bicyclic) bond motifs is 6. The maximum atomic E-state index is 2.45. The highest BCUT2D eigenvalue weighted by atomic mass is 127. The third-order valence-electron chi connectivity index (χ3n) is 15.1. The van der Waals surface area contributed by atoms with Crippen LogP contribution in [0.5, 0.6) is 0 Å². The normalized spacial score (nSPS) is 11.5. The Balaban J connectivity index is 0.683. The van der Waals surface area contributed by atoms with Gasteiger partial charge in [-0.15, -0.1) is 0 Å². The number of rotatable bonds is 10. The Morgan fingerprint density at radius 1 is 0.224 bits per heavy atom. The molecule has 0 saturated carbocycles. The van der Waals surface area contributed by atoms with Crippen LogP contribution in [-0.2, 0) is 0 Å². The second kappa shape index (κ2) is 19.2. The lowest BCUT2D eigenvalue weighted by molar-refractivity contribution is 1.18. The van der Waals surface area contributed by atoms with Crippen LogP contribution < -0.4 is 4.90 Å². The number of hydrogen-bond donors (Lipinski definition) is 0. The lowest BCUT2D eigenvalue weighted by Crippen LogP contribution is -2.09. The average molecular weight is 1080 g/mol. The van der Waals surface area contributed by atoms with Gasteiger partial charge in [0.1, 0.15) is 0 Å². The van der Waals surface area contributed by atoms with Gasteiger partial charge in [-0.05, 0) is 158 Å². The topological polar surface area (TPSA) is 13.1 Å². The number of aromatic nitrogens is 2. The van der Waals surface area contributed by atoms with Crippen LogP contribution in [0, 0.1) is 0 Å². The van der Waals surface area contributed by atoms with E-state index in [1.165, 1.54) is 116 Å². The first-order valence-corrected chi connectivity index (χ1v) is 26.8. The molecule has 2 aromatic heterocycles. The van der Waals surface area contributed by atoms with Crippen LogP contribution in [0.1, 0.15) is 0 Å². The highest BCUT2D eigenvalue weighted by Gasteiger charge is 2.16. The SMILES string of the molecule is In1c2ccc(-c3ccc(-c4ccc(-c5ccc(N(c6ccccc6)c6ccccc6)cc5)cc4)cc3)cc2c2cc(-c3ccc(-c4ccc(-c5ccc6c(c5)c5ccccc5n6-c5ccccc5)cc4)cc3)ccc21. The van der Waals surface area contributed by atoms with Crippen LogP contribution in [-0.4, -0.2) is 7.35 Å². The summed E-state index contributed by atoms with van der Waals surface area (Å²) in [7, 11) is 0. The van der Waals surface area contributed by atoms with Gasteiger partial charge in [-0.3, -0.25) is 2.78 Å². The molecule has 0 atom stereocenters. The van der Waals surface area contributed by atoms with Gasteiger partial charge in [0.15, 0.2) is 0 Å². The van der Waals surface area contributed by atoms with Gasteiger partial charge >= 0.3 is 0 Å². The van der Waals surface area contributed by atoms with Gasteiger partial charge in [0, 0.05) is 44.3 Å². The van der Waals surface area contributed by atoms with E-state index in [9.17, 15) is 0 Å². The van der Waals surface area contributed by atoms with Crippen molar-refractivity contribution in [3.05, 3.63) is 291 Å². The summed E-state index contributed by atoms with van der Waals surface area (Å²) in [6.07, 6.45) is 0. The van der Waals surface area contributed by atoms with E-state index >= 15 is 0 Å². The summed E-state index contributed by atoms with van der Waals surface area (Å²) in [5, 5.41) is 5.03. The van der Waals surface area contributed by atoms with E-state index in [4.69, 9.17) is 0 Å². The van der Waals surface area contributed by atoms with Gasteiger partial charge in [0.2, 0.25) is 0 Å². The zero-order chi connectivity index (χ0) is 50.5. The molecule has 0 fully saturated rings. The molecule has 12 aromatic carbocycles. The van der Waals surface area contributed by atoms with E-state index in [2.05, 4.69) is 326 Å². The molecule has 0 aliphatic rings. The van der Waals surface area contributed by atoms with Crippen LogP contribution in [0.3, 0.4) is 0 Å². The summed E-state index contributed by atoms with van der Waals surface area (Å²) in [6.45, 7) is 0. The molecule has 0 amide bonds. The lowest BCUT2D eigenvalue weighted by atomic mass is 9.96. The van der Waals surface area contributed by atoms with Crippen molar-refractivity contribution < 1.29 is 0 Å². The molecule has 0 spiro atoms. The number of para-hydroxylation sites is 4. The van der Waals surface area contributed by atoms with Crippen molar-refractivity contribution in [1.29, 1.82) is 0 Å². The molecular weight excluding hydrogens is 1030 g/mol. The first-order chi connectivity index (χ1) is 37.6. The first kappa shape index (κ1) is 45.4. The quantitative estimate of drug-likeness (QED) is 0.124. The fourth-order valence-electron chi connectivity index (χ4n) is 11.2. The fourth-order valence-corrected chi connectivity index (χ4v) is 12.0. The maximum Gasteiger partial charge on any atom is 0.0646 e. The van der Waals surface area contributed by atoms with Crippen molar-refractivity contribution in [2.45, 2.75) is 0 Å². The van der Waals surface area contributed by atoms with Gasteiger partial charge in [-0.25, -0.2) is 0 Å². The Morgan fingerprint density at radius 3 is 0.908 bits per heavy atom. The molecule has 14 rings (SSSR count). The van der Waals surface area contributed by atoms with Crippen molar-refractivity contribution >= 4 is 83.5 Å². The minimum atomic E-state index is 1.12. The number of anilines is 3. The molecule has 76 heavy (non-hydrogen) atoms. The van der Waals surface area contributed by atoms with E-state index in [1.807, 2.05) is 0 Å². The van der Waals surface area contributed by atoms with Crippen LogP contribution >= 0.6 is 22.9 Å². The molecule has 3 nitrogen and oxygen atoms in total. The lowest BCUT2D eigenvalue weighted by Gasteiger charge is -2.25. The maximum absolute atomic E-state index is 2.45. The molecule has 2 heterocycles. The molecule has 0 saturated heterocycles. The highest BCUT2D eigenvalue weighted by Crippen LogP contribution is 2.40. The predicted octanol–water partition coefficient (Wildman–Crippen LogP) is 20.6. The van der Waals surface area contributed by atoms with E-state index in [-0.39, 0.29) is 0 Å². The third kappa shape index (κ3) is 8.24. The van der Waals surface area contributed by atoms with Gasteiger partial charge in [-0.2, -0.15) is 0 Å². The standard InChI is InChI=1S/C72H48IN3/c73-76-71-44-39-59(56-32-26-50(27-33-56)49-20-22-53(23-21-49)54-36-41-64(42-37-54)74(61-12-4-1-5-13-61)62-14-6-2-7-15-62)47-67(71)68-48-60(40-45-72(68)76)57-34-28-52(29-35-57)51-24-30-55(31-25-51)58-38-43-70-66(46-58)65-18-10-11-19-69(65)75(70)63-16-8-3-9-17-63/h1-48H. The van der Waals surface area contributed by atoms with E-state index < -0.39 is 0 Å². The molecule has 358 valence electrons. The molecule has 0 bridgehead atoms. The Hall–Kier alpha value is -9.23. The van der Waals surface area contributed by atoms with Crippen LogP contribution in [0.4, 0.5) is 17.1 Å². The van der Waals surface area contributed by atoms with E-state index in [1.54, 1.807) is 0 Å². The van der Waals surface area contributed by atoms with Crippen molar-refractivity contribution in [1.82, 2.24) is 7.35 Å². The number of hydrogen-bond acceptors (Lipinski definition) is 1. The number of nitrogens with zero attached hydrogens (tertiary/aromatic N) is 3. The van der Waals surface area contributed by atoms with Crippen LogP contribution in [0.25, 0.3) is 116 Å². The van der Waals surface area contributed by atoms with Crippen LogP contribution in [0.15, 0.2) is 291 Å². The molecule has 14 aromatic rings. The Morgan fingerprint density at radius 2 is 0.500 bits per heavy atom. The molecule has 0 aliphatic heterocycles. The minimum absolute atomic E-state index is 1.12. The minimum Gasteiger partial charge on any atom is -0.311 e. The zero-order valence-corrected chi connectivity index (χ0v) is 43.6. The van der Waals surface area contributed by atoms with Crippen LogP contribution in [0.2, 0.25) is 0 Å². The Bertz CT molecular complexity index is 4350. The summed E-state index contributed by atoms with van der Waals surface area (Å²) in [5.41, 5.74) is 23.8. The fraction of sp³-hybridized carbons (Fsp3) is 0. The molecule has 0 N–H and O–H groups in total. The van der Waals surface area contributed by atoms with E-state index in [0.717, 1.165) is 17.1 Å². The average Bonchev–Trinajstić information content (AvgIpc) is 4.00. The summed E-state index contributed by atoms with van der Waals surface area (Å²) in [6, 6.07) is 106. The molecule has 0 aliphatic carbocycles. The van der Waals surface area contributed by atoms with Crippen molar-refractivity contribution in [2.24, 2.45) is 0 Å². The largest absolute Gasteiger partial charge is 0.311 e. The summed E-state index contributed by atoms with van der Waals surface area (Å²) in [5.74, 6) is 0. The second-order valence-electron chi connectivity index (χ2n) is 19.5. The van der Waals surface area contributed by atoms with Gasteiger partial charge < -0.3 is 9.47 Å². The van der Waals surface area contributed by atoms with E-state index in [0.29, 0.717) is 0 Å². The van der Waals surface area contributed by atoms with Gasteiger partial charge in [0.25, 0.3) is 0 Å². The summed E-state index contributed by atoms with van der Waals surface area (Å²) < 4.78 is 4.65. The Kier molecular flexibility index (Phi) is 11.5. The monoisotopic (exact) mass is 1080 g/mol. The molecular formula is C72H48IN3. The predicted molar refractivity (Wildman–Crippen MR) is 331 cm³/mol. The van der Waals surface area contributed by atoms with Gasteiger partial charge in [-0.1, -0.05) is 200 Å². The summed E-state index contributed by atoms with van der Waals surface area (Å²) >= 11 is 2.45. The molecule has 4 heteroatoms. The molecule has 0 unspecified atom stereocenters. The number of halogens is 1. The van der Waals surface area contributed by atoms with Crippen molar-refractivity contribution in [3.8, 4) is 72.4 Å². The second-order valence-corrected chi connectivity index (χ2v) is 20.5. The Labute approximate surface area is 456 Å². The molecule has 0 radical (unpaired) electrons. The first-order valence-electron chi connectivity index (χ1n) is 25.8. The number of benzene rings is 12. The van der Waals surface area contributed by atoms with Crippen molar-refractivity contribution in [3.63, 3.8) is 0 Å². The smallest absolute Gasteiger partial charge is 0.0646 e. The van der Waals surface area contributed by atoms with Gasteiger partial charge in [0.05, 0.1) is 44.9 Å². The zero-order valence-electron chi connectivity index (χ0n) is 41.4. The summed E-state index contributed by atoms with van der Waals surface area (Å²) in [4.78, 5) is 2.29. The highest BCUT2D eigenvalue weighted by molar-refractivity contribution is 14.1.